The Labute approximate surface area is 151 Å². The molecule has 1 atom stereocenters. The molecule has 2 aromatic rings. The van der Waals surface area contributed by atoms with Crippen LogP contribution in [0.2, 0.25) is 0 Å². The van der Waals surface area contributed by atoms with E-state index >= 15 is 0 Å². The fourth-order valence-electron chi connectivity index (χ4n) is 3.52. The van der Waals surface area contributed by atoms with E-state index in [9.17, 15) is 9.59 Å². The molecular weight excluding hydrogens is 334 g/mol. The Morgan fingerprint density at radius 1 is 1.24 bits per heavy atom. The van der Waals surface area contributed by atoms with E-state index in [-0.39, 0.29) is 24.2 Å². The summed E-state index contributed by atoms with van der Waals surface area (Å²) in [6.45, 7) is 1.04. The van der Waals surface area contributed by atoms with E-state index in [1.807, 2.05) is 30.3 Å². The molecule has 2 heterocycles. The molecule has 2 amide bonds. The average molecular weight is 355 g/mol. The maximum absolute atomic E-state index is 12.5. The summed E-state index contributed by atoms with van der Waals surface area (Å²) in [5.41, 5.74) is 2.23. The van der Waals surface area contributed by atoms with Crippen LogP contribution in [0, 0.1) is 5.92 Å². The van der Waals surface area contributed by atoms with Gasteiger partial charge in [0.2, 0.25) is 11.8 Å². The van der Waals surface area contributed by atoms with Gasteiger partial charge in [0.05, 0.1) is 11.6 Å². The third kappa shape index (κ3) is 3.58. The Kier molecular flexibility index (Phi) is 4.53. The van der Waals surface area contributed by atoms with Gasteiger partial charge in [-0.2, -0.15) is 0 Å². The molecule has 4 rings (SSSR count). The summed E-state index contributed by atoms with van der Waals surface area (Å²) in [7, 11) is 0. The van der Waals surface area contributed by atoms with Crippen LogP contribution in [-0.4, -0.2) is 28.2 Å². The molecule has 25 heavy (non-hydrogen) atoms. The van der Waals surface area contributed by atoms with Crippen molar-refractivity contribution < 1.29 is 9.59 Å². The van der Waals surface area contributed by atoms with Crippen molar-refractivity contribution in [2.24, 2.45) is 5.92 Å². The summed E-state index contributed by atoms with van der Waals surface area (Å²) in [5, 5.41) is 3.62. The smallest absolute Gasteiger partial charge is 0.231 e. The molecule has 1 N–H and O–H groups in total. The van der Waals surface area contributed by atoms with Crippen molar-refractivity contribution in [3.05, 3.63) is 46.5 Å². The van der Waals surface area contributed by atoms with Crippen LogP contribution in [0.15, 0.2) is 30.3 Å². The molecule has 1 unspecified atom stereocenters. The normalized spacial score (nSPS) is 19.8. The predicted octanol–water partition coefficient (Wildman–Crippen LogP) is 3.01. The van der Waals surface area contributed by atoms with E-state index in [0.29, 0.717) is 18.2 Å². The van der Waals surface area contributed by atoms with Crippen LogP contribution in [0.25, 0.3) is 0 Å². The Bertz CT molecular complexity index is 764. The average Bonchev–Trinajstić information content (AvgIpc) is 3.19. The van der Waals surface area contributed by atoms with E-state index in [0.717, 1.165) is 24.1 Å². The highest BCUT2D eigenvalue weighted by Crippen LogP contribution is 2.30. The zero-order valence-electron chi connectivity index (χ0n) is 14.0. The van der Waals surface area contributed by atoms with Crippen molar-refractivity contribution in [2.75, 3.05) is 11.9 Å². The number of anilines is 1. The number of aromatic nitrogens is 1. The number of amides is 2. The van der Waals surface area contributed by atoms with Gasteiger partial charge in [0.15, 0.2) is 5.13 Å². The molecule has 0 radical (unpaired) electrons. The number of likely N-dealkylation sites (tertiary alicyclic amines) is 1. The summed E-state index contributed by atoms with van der Waals surface area (Å²) >= 11 is 1.59. The van der Waals surface area contributed by atoms with Gasteiger partial charge in [-0.3, -0.25) is 9.59 Å². The van der Waals surface area contributed by atoms with Crippen LogP contribution in [0.3, 0.4) is 0 Å². The summed E-state index contributed by atoms with van der Waals surface area (Å²) < 4.78 is 0. The molecule has 130 valence electrons. The van der Waals surface area contributed by atoms with E-state index in [2.05, 4.69) is 10.3 Å². The van der Waals surface area contributed by atoms with Crippen LogP contribution in [0.4, 0.5) is 5.13 Å². The van der Waals surface area contributed by atoms with Gasteiger partial charge in [-0.25, -0.2) is 4.98 Å². The lowest BCUT2D eigenvalue weighted by Crippen LogP contribution is -2.28. The number of benzene rings is 1. The monoisotopic (exact) mass is 355 g/mol. The highest BCUT2D eigenvalue weighted by atomic mass is 32.1. The SMILES string of the molecule is O=C(Nc1nc2c(s1)CCCC2)C1CC(=O)N(Cc2ccccc2)C1. The molecule has 1 saturated heterocycles. The first-order valence-electron chi connectivity index (χ1n) is 8.80. The maximum Gasteiger partial charge on any atom is 0.231 e. The third-order valence-electron chi connectivity index (χ3n) is 4.88. The fraction of sp³-hybridized carbons (Fsp3) is 0.421. The van der Waals surface area contributed by atoms with Crippen molar-refractivity contribution in [1.29, 1.82) is 0 Å². The number of nitrogens with zero attached hydrogens (tertiary/aromatic N) is 2. The van der Waals surface area contributed by atoms with Gasteiger partial charge >= 0.3 is 0 Å². The lowest BCUT2D eigenvalue weighted by molar-refractivity contribution is -0.128. The highest BCUT2D eigenvalue weighted by molar-refractivity contribution is 7.15. The molecule has 5 nitrogen and oxygen atoms in total. The number of carbonyl (C=O) groups excluding carboxylic acids is 2. The van der Waals surface area contributed by atoms with Gasteiger partial charge in [-0.1, -0.05) is 30.3 Å². The van der Waals surface area contributed by atoms with Crippen molar-refractivity contribution >= 4 is 28.3 Å². The standard InChI is InChI=1S/C19H21N3O2S/c23-17-10-14(12-22(17)11-13-6-2-1-3-7-13)18(24)21-19-20-15-8-4-5-9-16(15)25-19/h1-3,6-7,14H,4-5,8-12H2,(H,20,21,24). The Morgan fingerprint density at radius 3 is 2.84 bits per heavy atom. The lowest BCUT2D eigenvalue weighted by atomic mass is 10.0. The van der Waals surface area contributed by atoms with E-state index < -0.39 is 0 Å². The molecule has 6 heteroatoms. The number of thiazole rings is 1. The second kappa shape index (κ2) is 6.96. The number of aryl methyl sites for hydroxylation is 2. The Balaban J connectivity index is 1.38. The van der Waals surface area contributed by atoms with Crippen molar-refractivity contribution in [1.82, 2.24) is 9.88 Å². The van der Waals surface area contributed by atoms with Gasteiger partial charge in [0.1, 0.15) is 0 Å². The van der Waals surface area contributed by atoms with Gasteiger partial charge in [0, 0.05) is 24.4 Å². The molecule has 1 aliphatic heterocycles. The maximum atomic E-state index is 12.5. The Morgan fingerprint density at radius 2 is 2.04 bits per heavy atom. The minimum Gasteiger partial charge on any atom is -0.338 e. The van der Waals surface area contributed by atoms with E-state index in [1.54, 1.807) is 16.2 Å². The molecule has 1 aromatic heterocycles. The second-order valence-electron chi connectivity index (χ2n) is 6.75. The van der Waals surface area contributed by atoms with Gasteiger partial charge in [0.25, 0.3) is 0 Å². The zero-order valence-corrected chi connectivity index (χ0v) is 14.8. The van der Waals surface area contributed by atoms with Crippen molar-refractivity contribution in [2.45, 2.75) is 38.6 Å². The number of hydrogen-bond acceptors (Lipinski definition) is 4. The molecule has 0 saturated carbocycles. The van der Waals surface area contributed by atoms with Crippen LogP contribution >= 0.6 is 11.3 Å². The number of nitrogens with one attached hydrogen (secondary N) is 1. The first-order chi connectivity index (χ1) is 12.2. The van der Waals surface area contributed by atoms with Gasteiger partial charge < -0.3 is 10.2 Å². The summed E-state index contributed by atoms with van der Waals surface area (Å²) in [5.74, 6) is -0.338. The van der Waals surface area contributed by atoms with E-state index in [4.69, 9.17) is 0 Å². The minimum absolute atomic E-state index is 0.0439. The van der Waals surface area contributed by atoms with Gasteiger partial charge in [-0.15, -0.1) is 11.3 Å². The molecule has 2 aliphatic rings. The number of carbonyl (C=O) groups is 2. The topological polar surface area (TPSA) is 62.3 Å². The quantitative estimate of drug-likeness (QED) is 0.917. The number of fused-ring (bicyclic) bond motifs is 1. The molecule has 1 aliphatic carbocycles. The summed E-state index contributed by atoms with van der Waals surface area (Å²) in [6.07, 6.45) is 4.73. The zero-order chi connectivity index (χ0) is 17.2. The Hall–Kier alpha value is -2.21. The molecule has 1 aromatic carbocycles. The van der Waals surface area contributed by atoms with Gasteiger partial charge in [-0.05, 0) is 31.2 Å². The third-order valence-corrected chi connectivity index (χ3v) is 5.95. The summed E-state index contributed by atoms with van der Waals surface area (Å²) in [4.78, 5) is 32.4. The van der Waals surface area contributed by atoms with Crippen LogP contribution in [0.1, 0.15) is 35.4 Å². The molecule has 0 bridgehead atoms. The second-order valence-corrected chi connectivity index (χ2v) is 7.83. The largest absolute Gasteiger partial charge is 0.338 e. The molecular formula is C19H21N3O2S. The number of rotatable bonds is 4. The fourth-order valence-corrected chi connectivity index (χ4v) is 4.57. The van der Waals surface area contributed by atoms with Crippen molar-refractivity contribution in [3.8, 4) is 0 Å². The first kappa shape index (κ1) is 16.3. The first-order valence-corrected chi connectivity index (χ1v) is 9.62. The van der Waals surface area contributed by atoms with Crippen molar-refractivity contribution in [3.63, 3.8) is 0 Å². The van der Waals surface area contributed by atoms with E-state index in [1.165, 1.54) is 17.7 Å². The van der Waals surface area contributed by atoms with Crippen LogP contribution in [-0.2, 0) is 29.0 Å². The molecule has 0 spiro atoms. The number of hydrogen-bond donors (Lipinski definition) is 1. The minimum atomic E-state index is -0.294. The van der Waals surface area contributed by atoms with Crippen LogP contribution in [0.5, 0.6) is 0 Å². The summed E-state index contributed by atoms with van der Waals surface area (Å²) in [6, 6.07) is 9.88. The van der Waals surface area contributed by atoms with Crippen LogP contribution < -0.4 is 5.32 Å². The highest BCUT2D eigenvalue weighted by Gasteiger charge is 2.34. The predicted molar refractivity (Wildman–Crippen MR) is 97.4 cm³/mol. The lowest BCUT2D eigenvalue weighted by Gasteiger charge is -2.16. The molecule has 1 fully saturated rings.